The van der Waals surface area contributed by atoms with Gasteiger partial charge in [-0.05, 0) is 30.0 Å². The Kier molecular flexibility index (Phi) is 2.99. The monoisotopic (exact) mass is 267 g/mol. The van der Waals surface area contributed by atoms with Crippen molar-refractivity contribution in [2.75, 3.05) is 0 Å². The summed E-state index contributed by atoms with van der Waals surface area (Å²) in [6.07, 6.45) is 3.38. The number of benzene rings is 2. The Labute approximate surface area is 116 Å². The van der Waals surface area contributed by atoms with E-state index in [0.717, 1.165) is 10.8 Å². The molecule has 1 unspecified atom stereocenters. The first-order chi connectivity index (χ1) is 9.59. The molecule has 0 spiro atoms. The van der Waals surface area contributed by atoms with Crippen LogP contribution in [0, 0.1) is 5.82 Å². The van der Waals surface area contributed by atoms with Gasteiger partial charge in [0.15, 0.2) is 0 Å². The average molecular weight is 267 g/mol. The molecule has 1 atom stereocenters. The second-order valence-electron chi connectivity index (χ2n) is 4.99. The zero-order valence-electron chi connectivity index (χ0n) is 11.0. The third-order valence-electron chi connectivity index (χ3n) is 3.58. The molecule has 2 aromatic carbocycles. The first-order valence-corrected chi connectivity index (χ1v) is 6.41. The van der Waals surface area contributed by atoms with E-state index < -0.39 is 5.60 Å². The predicted octanol–water partition coefficient (Wildman–Crippen LogP) is 3.63. The maximum Gasteiger partial charge on any atom is 0.123 e. The number of aliphatic hydroxyl groups is 1. The van der Waals surface area contributed by atoms with Crippen molar-refractivity contribution in [2.24, 2.45) is 0 Å². The Bertz CT molecular complexity index is 762. The summed E-state index contributed by atoms with van der Waals surface area (Å²) in [6.45, 7) is 1.66. The number of halogens is 1. The van der Waals surface area contributed by atoms with Crippen LogP contribution in [0.3, 0.4) is 0 Å². The molecule has 2 nitrogen and oxygen atoms in total. The van der Waals surface area contributed by atoms with Crippen LogP contribution in [0.1, 0.15) is 18.1 Å². The predicted molar refractivity (Wildman–Crippen MR) is 76.8 cm³/mol. The van der Waals surface area contributed by atoms with Crippen LogP contribution < -0.4 is 0 Å². The summed E-state index contributed by atoms with van der Waals surface area (Å²) in [5.74, 6) is -0.365. The molecule has 20 heavy (non-hydrogen) atoms. The van der Waals surface area contributed by atoms with E-state index in [1.807, 2.05) is 24.3 Å². The molecule has 1 heterocycles. The number of aromatic nitrogens is 1. The Balaban J connectivity index is 2.23. The first-order valence-electron chi connectivity index (χ1n) is 6.41. The van der Waals surface area contributed by atoms with Crippen molar-refractivity contribution >= 4 is 10.8 Å². The normalized spacial score (nSPS) is 14.2. The van der Waals surface area contributed by atoms with Gasteiger partial charge in [0.25, 0.3) is 0 Å². The number of nitrogens with zero attached hydrogens (tertiary/aromatic N) is 1. The molecule has 0 aliphatic carbocycles. The molecular weight excluding hydrogens is 253 g/mol. The van der Waals surface area contributed by atoms with Crippen LogP contribution in [0.25, 0.3) is 10.8 Å². The third kappa shape index (κ3) is 2.06. The quantitative estimate of drug-likeness (QED) is 0.769. The van der Waals surface area contributed by atoms with Gasteiger partial charge < -0.3 is 5.11 Å². The molecule has 0 aliphatic rings. The first kappa shape index (κ1) is 12.8. The minimum absolute atomic E-state index is 0.365. The van der Waals surface area contributed by atoms with Gasteiger partial charge in [-0.15, -0.1) is 0 Å². The van der Waals surface area contributed by atoms with Gasteiger partial charge in [0.2, 0.25) is 0 Å². The van der Waals surface area contributed by atoms with Gasteiger partial charge in [-0.2, -0.15) is 0 Å². The van der Waals surface area contributed by atoms with Crippen LogP contribution in [0.15, 0.2) is 60.9 Å². The Morgan fingerprint density at radius 2 is 1.85 bits per heavy atom. The van der Waals surface area contributed by atoms with E-state index in [2.05, 4.69) is 4.98 Å². The largest absolute Gasteiger partial charge is 0.381 e. The molecule has 0 bridgehead atoms. The highest BCUT2D eigenvalue weighted by molar-refractivity contribution is 5.85. The van der Waals surface area contributed by atoms with Crippen LogP contribution in [0.5, 0.6) is 0 Å². The van der Waals surface area contributed by atoms with Crippen LogP contribution in [0.2, 0.25) is 0 Å². The van der Waals surface area contributed by atoms with Gasteiger partial charge in [0.05, 0.1) is 0 Å². The molecule has 100 valence electrons. The lowest BCUT2D eigenvalue weighted by Crippen LogP contribution is -2.23. The zero-order valence-corrected chi connectivity index (χ0v) is 11.0. The standard InChI is InChI=1S/C17H14FNO/c1-17(20,13-6-4-7-14(18)9-13)16-11-19-10-12-5-2-3-8-15(12)16/h2-11,20H,1H3. The number of fused-ring (bicyclic) bond motifs is 1. The summed E-state index contributed by atoms with van der Waals surface area (Å²) in [5.41, 5.74) is -0.118. The second kappa shape index (κ2) is 4.69. The van der Waals surface area contributed by atoms with E-state index in [1.165, 1.54) is 12.1 Å². The second-order valence-corrected chi connectivity index (χ2v) is 4.99. The highest BCUT2D eigenvalue weighted by Gasteiger charge is 2.28. The van der Waals surface area contributed by atoms with Crippen molar-refractivity contribution in [3.63, 3.8) is 0 Å². The highest BCUT2D eigenvalue weighted by Crippen LogP contribution is 2.33. The number of hydrogen-bond donors (Lipinski definition) is 1. The summed E-state index contributed by atoms with van der Waals surface area (Å²) in [4.78, 5) is 4.17. The summed E-state index contributed by atoms with van der Waals surface area (Å²) in [7, 11) is 0. The van der Waals surface area contributed by atoms with Gasteiger partial charge in [-0.3, -0.25) is 4.98 Å². The molecule has 0 fully saturated rings. The Hall–Kier alpha value is -2.26. The maximum atomic E-state index is 13.4. The van der Waals surface area contributed by atoms with E-state index in [4.69, 9.17) is 0 Å². The van der Waals surface area contributed by atoms with Crippen molar-refractivity contribution < 1.29 is 9.50 Å². The average Bonchev–Trinajstić information content (AvgIpc) is 2.46. The smallest absolute Gasteiger partial charge is 0.123 e. The molecule has 0 saturated heterocycles. The zero-order chi connectivity index (χ0) is 14.2. The van der Waals surface area contributed by atoms with Gasteiger partial charge >= 0.3 is 0 Å². The lowest BCUT2D eigenvalue weighted by molar-refractivity contribution is 0.103. The van der Waals surface area contributed by atoms with Gasteiger partial charge in [-0.25, -0.2) is 4.39 Å². The number of hydrogen-bond acceptors (Lipinski definition) is 2. The highest BCUT2D eigenvalue weighted by atomic mass is 19.1. The van der Waals surface area contributed by atoms with Crippen LogP contribution in [-0.2, 0) is 5.60 Å². The van der Waals surface area contributed by atoms with Crippen molar-refractivity contribution in [3.8, 4) is 0 Å². The molecule has 0 amide bonds. The Morgan fingerprint density at radius 3 is 2.65 bits per heavy atom. The van der Waals surface area contributed by atoms with E-state index in [-0.39, 0.29) is 5.82 Å². The van der Waals surface area contributed by atoms with Crippen LogP contribution in [-0.4, -0.2) is 10.1 Å². The lowest BCUT2D eigenvalue weighted by atomic mass is 9.86. The molecular formula is C17H14FNO. The number of pyridine rings is 1. The van der Waals surface area contributed by atoms with Gasteiger partial charge in [0, 0.05) is 23.3 Å². The van der Waals surface area contributed by atoms with E-state index in [0.29, 0.717) is 11.1 Å². The fourth-order valence-corrected chi connectivity index (χ4v) is 2.45. The fourth-order valence-electron chi connectivity index (χ4n) is 2.45. The molecule has 1 N–H and O–H groups in total. The summed E-state index contributed by atoms with van der Waals surface area (Å²) < 4.78 is 13.4. The molecule has 3 heteroatoms. The summed E-state index contributed by atoms with van der Waals surface area (Å²) in [6, 6.07) is 13.7. The van der Waals surface area contributed by atoms with Gasteiger partial charge in [-0.1, -0.05) is 36.4 Å². The van der Waals surface area contributed by atoms with Crippen LogP contribution >= 0.6 is 0 Å². The molecule has 0 radical (unpaired) electrons. The van der Waals surface area contributed by atoms with Crippen molar-refractivity contribution in [3.05, 3.63) is 77.9 Å². The van der Waals surface area contributed by atoms with E-state index in [1.54, 1.807) is 31.5 Å². The van der Waals surface area contributed by atoms with E-state index >= 15 is 0 Å². The van der Waals surface area contributed by atoms with Crippen molar-refractivity contribution in [1.29, 1.82) is 0 Å². The summed E-state index contributed by atoms with van der Waals surface area (Å²) in [5, 5.41) is 12.7. The van der Waals surface area contributed by atoms with Crippen molar-refractivity contribution in [2.45, 2.75) is 12.5 Å². The lowest BCUT2D eigenvalue weighted by Gasteiger charge is -2.25. The topological polar surface area (TPSA) is 33.1 Å². The molecule has 3 aromatic rings. The molecule has 0 aliphatic heterocycles. The molecule has 3 rings (SSSR count). The number of rotatable bonds is 2. The van der Waals surface area contributed by atoms with Gasteiger partial charge in [0.1, 0.15) is 11.4 Å². The molecule has 1 aromatic heterocycles. The SMILES string of the molecule is CC(O)(c1cccc(F)c1)c1cncc2ccccc12. The van der Waals surface area contributed by atoms with Crippen LogP contribution in [0.4, 0.5) is 4.39 Å². The molecule has 0 saturated carbocycles. The minimum atomic E-state index is -1.30. The maximum absolute atomic E-state index is 13.4. The summed E-state index contributed by atoms with van der Waals surface area (Å²) >= 11 is 0. The Morgan fingerprint density at radius 1 is 1.05 bits per heavy atom. The third-order valence-corrected chi connectivity index (χ3v) is 3.58. The fraction of sp³-hybridized carbons (Fsp3) is 0.118. The van der Waals surface area contributed by atoms with E-state index in [9.17, 15) is 9.50 Å². The van der Waals surface area contributed by atoms with Crippen molar-refractivity contribution in [1.82, 2.24) is 4.98 Å². The minimum Gasteiger partial charge on any atom is -0.381 e.